The molecule has 2 aromatic carbocycles. The van der Waals surface area contributed by atoms with E-state index in [0.29, 0.717) is 31.9 Å². The molecule has 1 aromatic heterocycles. The minimum Gasteiger partial charge on any atom is -0.360 e. The molecule has 1 amide bonds. The van der Waals surface area contributed by atoms with E-state index in [4.69, 9.17) is 4.52 Å². The summed E-state index contributed by atoms with van der Waals surface area (Å²) in [5, 5.41) is 5.51. The first kappa shape index (κ1) is 23.0. The number of anilines is 2. The number of carbonyl (C=O) groups excluding carboxylic acids is 1. The Morgan fingerprint density at radius 2 is 1.52 bits per heavy atom. The van der Waals surface area contributed by atoms with Gasteiger partial charge in [0.2, 0.25) is 10.0 Å². The van der Waals surface area contributed by atoms with Gasteiger partial charge in [0.15, 0.2) is 5.76 Å². The molecule has 1 N–H and O–H groups in total. The third kappa shape index (κ3) is 5.08. The highest BCUT2D eigenvalue weighted by Crippen LogP contribution is 2.25. The highest BCUT2D eigenvalue weighted by Gasteiger charge is 2.33. The second-order valence-electron chi connectivity index (χ2n) is 7.88. The number of nitrogens with one attached hydrogen (secondary N) is 1. The lowest BCUT2D eigenvalue weighted by atomic mass is 10.2. The molecule has 4 rings (SSSR count). The highest BCUT2D eigenvalue weighted by atomic mass is 32.2. The number of para-hydroxylation sites is 2. The van der Waals surface area contributed by atoms with Crippen molar-refractivity contribution in [1.82, 2.24) is 19.8 Å². The van der Waals surface area contributed by atoms with Gasteiger partial charge in [0, 0.05) is 26.2 Å². The molecule has 10 heteroatoms. The van der Waals surface area contributed by atoms with Gasteiger partial charge in [0.1, 0.15) is 10.6 Å². The lowest BCUT2D eigenvalue weighted by Crippen LogP contribution is -2.52. The van der Waals surface area contributed by atoms with E-state index in [2.05, 4.69) is 10.6 Å². The molecular weight excluding hydrogens is 442 g/mol. The maximum Gasteiger partial charge on any atom is 0.252 e. The van der Waals surface area contributed by atoms with Gasteiger partial charge < -0.3 is 4.52 Å². The zero-order valence-electron chi connectivity index (χ0n) is 18.6. The molecule has 0 saturated carbocycles. The van der Waals surface area contributed by atoms with E-state index in [-0.39, 0.29) is 23.1 Å². The molecule has 0 aliphatic carbocycles. The molecule has 0 bridgehead atoms. The Kier molecular flexibility index (Phi) is 6.77. The monoisotopic (exact) mass is 469 g/mol. The van der Waals surface area contributed by atoms with Crippen molar-refractivity contribution in [2.45, 2.75) is 18.7 Å². The first-order valence-corrected chi connectivity index (χ1v) is 12.2. The van der Waals surface area contributed by atoms with E-state index in [1.807, 2.05) is 65.6 Å². The number of piperazine rings is 1. The molecule has 0 spiro atoms. The standard InChI is InChI=1S/C23H27N5O4S/c1-18-23(19(2)32-25-18)33(30,31)27-15-13-26(14-16-27)17-22(29)24-28(20-9-5-3-6-10-20)21-11-7-4-8-12-21/h3-12H,13-17H2,1-2H3,(H,24,29). The van der Waals surface area contributed by atoms with E-state index >= 15 is 0 Å². The van der Waals surface area contributed by atoms with Crippen molar-refractivity contribution in [2.75, 3.05) is 37.7 Å². The first-order chi connectivity index (χ1) is 15.9. The van der Waals surface area contributed by atoms with Crippen LogP contribution in [-0.4, -0.2) is 61.4 Å². The molecule has 0 unspecified atom stereocenters. The summed E-state index contributed by atoms with van der Waals surface area (Å²) in [5.74, 6) is 0.112. The number of aryl methyl sites for hydroxylation is 2. The molecular formula is C23H27N5O4S. The van der Waals surface area contributed by atoms with Crippen LogP contribution in [0, 0.1) is 13.8 Å². The Bertz CT molecular complexity index is 1130. The predicted octanol–water partition coefficient (Wildman–Crippen LogP) is 2.47. The first-order valence-electron chi connectivity index (χ1n) is 10.7. The molecule has 0 radical (unpaired) electrons. The fraction of sp³-hybridized carbons (Fsp3) is 0.304. The van der Waals surface area contributed by atoms with Gasteiger partial charge in [-0.05, 0) is 38.1 Å². The fourth-order valence-electron chi connectivity index (χ4n) is 3.90. The number of benzene rings is 2. The number of hydrogen-bond acceptors (Lipinski definition) is 7. The average Bonchev–Trinajstić information content (AvgIpc) is 3.17. The van der Waals surface area contributed by atoms with Crippen molar-refractivity contribution in [1.29, 1.82) is 0 Å². The minimum atomic E-state index is -3.68. The van der Waals surface area contributed by atoms with Crippen LogP contribution in [-0.2, 0) is 14.8 Å². The van der Waals surface area contributed by atoms with E-state index in [1.54, 1.807) is 18.9 Å². The van der Waals surface area contributed by atoms with Crippen molar-refractivity contribution >= 4 is 27.3 Å². The predicted molar refractivity (Wildman–Crippen MR) is 124 cm³/mol. The fourth-order valence-corrected chi connectivity index (χ4v) is 5.61. The Morgan fingerprint density at radius 3 is 2.00 bits per heavy atom. The van der Waals surface area contributed by atoms with Gasteiger partial charge in [-0.1, -0.05) is 41.6 Å². The van der Waals surface area contributed by atoms with Gasteiger partial charge in [-0.2, -0.15) is 4.31 Å². The third-order valence-electron chi connectivity index (χ3n) is 5.53. The van der Waals surface area contributed by atoms with E-state index < -0.39 is 10.0 Å². The van der Waals surface area contributed by atoms with E-state index in [1.165, 1.54) is 4.31 Å². The van der Waals surface area contributed by atoms with Crippen molar-refractivity contribution in [3.8, 4) is 0 Å². The van der Waals surface area contributed by atoms with Crippen LogP contribution in [0.1, 0.15) is 11.5 Å². The summed E-state index contributed by atoms with van der Waals surface area (Å²) in [6.45, 7) is 4.87. The van der Waals surface area contributed by atoms with Crippen molar-refractivity contribution < 1.29 is 17.7 Å². The van der Waals surface area contributed by atoms with Gasteiger partial charge >= 0.3 is 0 Å². The second kappa shape index (κ2) is 9.74. The van der Waals surface area contributed by atoms with Crippen LogP contribution in [0.5, 0.6) is 0 Å². The summed E-state index contributed by atoms with van der Waals surface area (Å²) in [5.41, 5.74) is 5.01. The molecule has 1 fully saturated rings. The number of nitrogens with zero attached hydrogens (tertiary/aromatic N) is 4. The normalized spacial score (nSPS) is 15.3. The smallest absolute Gasteiger partial charge is 0.252 e. The van der Waals surface area contributed by atoms with Crippen LogP contribution < -0.4 is 10.4 Å². The molecule has 3 aromatic rings. The zero-order chi connectivity index (χ0) is 23.4. The van der Waals surface area contributed by atoms with Crippen LogP contribution in [0.25, 0.3) is 0 Å². The Morgan fingerprint density at radius 1 is 0.970 bits per heavy atom. The molecule has 33 heavy (non-hydrogen) atoms. The topological polar surface area (TPSA) is 99.0 Å². The van der Waals surface area contributed by atoms with Crippen LogP contribution in [0.15, 0.2) is 70.1 Å². The summed E-state index contributed by atoms with van der Waals surface area (Å²) in [6.07, 6.45) is 0. The lowest BCUT2D eigenvalue weighted by Gasteiger charge is -2.34. The number of aromatic nitrogens is 1. The summed E-state index contributed by atoms with van der Waals surface area (Å²) < 4.78 is 32.5. The molecule has 1 aliphatic heterocycles. The van der Waals surface area contributed by atoms with Gasteiger partial charge in [-0.15, -0.1) is 0 Å². The summed E-state index contributed by atoms with van der Waals surface area (Å²) in [7, 11) is -3.68. The van der Waals surface area contributed by atoms with Gasteiger partial charge in [-0.25, -0.2) is 8.42 Å². The quantitative estimate of drug-likeness (QED) is 0.531. The number of rotatable bonds is 7. The zero-order valence-corrected chi connectivity index (χ0v) is 19.5. The number of hydrogen-bond donors (Lipinski definition) is 1. The molecule has 1 saturated heterocycles. The lowest BCUT2D eigenvalue weighted by molar-refractivity contribution is -0.122. The minimum absolute atomic E-state index is 0.134. The Balaban J connectivity index is 1.39. The number of amides is 1. The van der Waals surface area contributed by atoms with Crippen molar-refractivity contribution in [3.05, 3.63) is 72.1 Å². The SMILES string of the molecule is Cc1noc(C)c1S(=O)(=O)N1CCN(CC(=O)NN(c2ccccc2)c2ccccc2)CC1. The second-order valence-corrected chi connectivity index (χ2v) is 9.75. The number of sulfonamides is 1. The molecule has 1 aliphatic rings. The maximum absolute atomic E-state index is 13.0. The third-order valence-corrected chi connectivity index (χ3v) is 7.67. The Labute approximate surface area is 193 Å². The highest BCUT2D eigenvalue weighted by molar-refractivity contribution is 7.89. The van der Waals surface area contributed by atoms with Gasteiger partial charge in [-0.3, -0.25) is 20.1 Å². The number of hydrazine groups is 1. The van der Waals surface area contributed by atoms with Gasteiger partial charge in [0.25, 0.3) is 5.91 Å². The number of carbonyl (C=O) groups is 1. The van der Waals surface area contributed by atoms with E-state index in [9.17, 15) is 13.2 Å². The van der Waals surface area contributed by atoms with Crippen molar-refractivity contribution in [2.24, 2.45) is 0 Å². The van der Waals surface area contributed by atoms with Crippen LogP contribution in [0.3, 0.4) is 0 Å². The average molecular weight is 470 g/mol. The van der Waals surface area contributed by atoms with Crippen LogP contribution in [0.2, 0.25) is 0 Å². The summed E-state index contributed by atoms with van der Waals surface area (Å²) in [4.78, 5) is 15.0. The van der Waals surface area contributed by atoms with Crippen LogP contribution >= 0.6 is 0 Å². The Hall–Kier alpha value is -3.21. The molecule has 9 nitrogen and oxygen atoms in total. The van der Waals surface area contributed by atoms with Gasteiger partial charge in [0.05, 0.1) is 17.9 Å². The largest absolute Gasteiger partial charge is 0.360 e. The molecule has 174 valence electrons. The summed E-state index contributed by atoms with van der Waals surface area (Å²) >= 11 is 0. The van der Waals surface area contributed by atoms with Crippen molar-refractivity contribution in [3.63, 3.8) is 0 Å². The summed E-state index contributed by atoms with van der Waals surface area (Å²) in [6, 6.07) is 19.2. The molecule has 2 heterocycles. The van der Waals surface area contributed by atoms with Crippen LogP contribution in [0.4, 0.5) is 11.4 Å². The maximum atomic E-state index is 13.0. The van der Waals surface area contributed by atoms with E-state index in [0.717, 1.165) is 11.4 Å². The molecule has 0 atom stereocenters.